The summed E-state index contributed by atoms with van der Waals surface area (Å²) in [5, 5.41) is 10.9. The average molecular weight is 405 g/mol. The Balaban J connectivity index is 1.55. The summed E-state index contributed by atoms with van der Waals surface area (Å²) in [6, 6.07) is 14.9. The summed E-state index contributed by atoms with van der Waals surface area (Å²) < 4.78 is 0. The number of aromatic amines is 1. The molecule has 0 atom stereocenters. The van der Waals surface area contributed by atoms with E-state index in [1.54, 1.807) is 18.2 Å². The molecule has 0 aliphatic heterocycles. The average Bonchev–Trinajstić information content (AvgIpc) is 3.10. The molecule has 1 heterocycles. The lowest BCUT2D eigenvalue weighted by Crippen LogP contribution is -2.14. The van der Waals surface area contributed by atoms with Crippen LogP contribution < -0.4 is 5.32 Å². The van der Waals surface area contributed by atoms with E-state index in [0.29, 0.717) is 26.7 Å². The number of nitrogens with zero attached hydrogens (tertiary/aromatic N) is 2. The Morgan fingerprint density at radius 2 is 1.81 bits per heavy atom. The smallest absolute Gasteiger partial charge is 0.234 e. The van der Waals surface area contributed by atoms with Gasteiger partial charge in [-0.3, -0.25) is 9.89 Å². The van der Waals surface area contributed by atoms with E-state index >= 15 is 0 Å². The van der Waals surface area contributed by atoms with Crippen LogP contribution in [0.25, 0.3) is 12.2 Å². The van der Waals surface area contributed by atoms with Gasteiger partial charge in [-0.2, -0.15) is 0 Å². The maximum absolute atomic E-state index is 12.1. The fourth-order valence-corrected chi connectivity index (χ4v) is 3.16. The Morgan fingerprint density at radius 1 is 1.08 bits per heavy atom. The van der Waals surface area contributed by atoms with Crippen molar-refractivity contribution in [2.45, 2.75) is 5.16 Å². The first-order chi connectivity index (χ1) is 12.6. The molecule has 0 spiro atoms. The zero-order valence-electron chi connectivity index (χ0n) is 13.4. The zero-order valence-corrected chi connectivity index (χ0v) is 15.8. The normalized spacial score (nSPS) is 11.0. The summed E-state index contributed by atoms with van der Waals surface area (Å²) in [5.74, 6) is 0.517. The highest BCUT2D eigenvalue weighted by atomic mass is 35.5. The molecule has 0 saturated heterocycles. The maximum Gasteiger partial charge on any atom is 0.234 e. The van der Waals surface area contributed by atoms with Crippen molar-refractivity contribution in [3.8, 4) is 0 Å². The lowest BCUT2D eigenvalue weighted by atomic mass is 10.2. The molecule has 0 aliphatic carbocycles. The van der Waals surface area contributed by atoms with Crippen molar-refractivity contribution in [2.75, 3.05) is 11.1 Å². The van der Waals surface area contributed by atoms with E-state index in [1.807, 2.05) is 42.5 Å². The summed E-state index contributed by atoms with van der Waals surface area (Å²) in [6.45, 7) is 0. The number of amides is 1. The molecule has 1 amide bonds. The molecule has 0 unspecified atom stereocenters. The second-order valence-corrected chi connectivity index (χ2v) is 6.94. The van der Waals surface area contributed by atoms with Gasteiger partial charge < -0.3 is 5.32 Å². The van der Waals surface area contributed by atoms with Crippen LogP contribution in [0.15, 0.2) is 53.7 Å². The Labute approximate surface area is 164 Å². The molecule has 5 nitrogen and oxygen atoms in total. The number of carbonyl (C=O) groups excluding carboxylic acids is 1. The first kappa shape index (κ1) is 18.5. The quantitative estimate of drug-likeness (QED) is 0.566. The van der Waals surface area contributed by atoms with Gasteiger partial charge in [0, 0.05) is 0 Å². The lowest BCUT2D eigenvalue weighted by Gasteiger charge is -2.08. The molecule has 132 valence electrons. The van der Waals surface area contributed by atoms with Gasteiger partial charge in [-0.05, 0) is 23.8 Å². The third-order valence-electron chi connectivity index (χ3n) is 3.27. The molecule has 3 aromatic rings. The number of H-pyrrole nitrogens is 1. The van der Waals surface area contributed by atoms with Gasteiger partial charge in [-0.25, -0.2) is 4.98 Å². The molecule has 1 aromatic heterocycles. The van der Waals surface area contributed by atoms with Crippen LogP contribution in [0, 0.1) is 0 Å². The lowest BCUT2D eigenvalue weighted by molar-refractivity contribution is -0.113. The van der Waals surface area contributed by atoms with E-state index in [-0.39, 0.29) is 11.7 Å². The van der Waals surface area contributed by atoms with Gasteiger partial charge in [0.05, 0.1) is 21.5 Å². The highest BCUT2D eigenvalue weighted by Crippen LogP contribution is 2.30. The van der Waals surface area contributed by atoms with Crippen LogP contribution in [0.1, 0.15) is 11.4 Å². The second-order valence-electron chi connectivity index (χ2n) is 5.18. The van der Waals surface area contributed by atoms with Crippen LogP contribution >= 0.6 is 35.0 Å². The van der Waals surface area contributed by atoms with Gasteiger partial charge in [0.25, 0.3) is 0 Å². The Morgan fingerprint density at radius 3 is 2.54 bits per heavy atom. The molecular weight excluding hydrogens is 391 g/mol. The minimum atomic E-state index is -0.240. The monoisotopic (exact) mass is 404 g/mol. The van der Waals surface area contributed by atoms with Gasteiger partial charge in [-0.1, -0.05) is 77.4 Å². The fraction of sp³-hybridized carbons (Fsp3) is 0.0556. The predicted molar refractivity (Wildman–Crippen MR) is 108 cm³/mol. The van der Waals surface area contributed by atoms with Crippen molar-refractivity contribution in [3.05, 3.63) is 70.0 Å². The van der Waals surface area contributed by atoms with Crippen LogP contribution in [0.3, 0.4) is 0 Å². The molecule has 2 N–H and O–H groups in total. The Bertz CT molecular complexity index is 908. The number of anilines is 1. The van der Waals surface area contributed by atoms with Gasteiger partial charge in [0.2, 0.25) is 11.1 Å². The summed E-state index contributed by atoms with van der Waals surface area (Å²) in [7, 11) is 0. The number of benzene rings is 2. The standard InChI is InChI=1S/C18H14Cl2N4OS/c19-13-7-4-8-14(20)17(13)22-16(25)11-26-18-21-15(23-24-18)10-9-12-5-2-1-3-6-12/h1-10H,11H2,(H,22,25)(H,21,23,24)/b10-9+. The van der Waals surface area contributed by atoms with Gasteiger partial charge in [0.1, 0.15) is 5.82 Å². The van der Waals surface area contributed by atoms with Crippen molar-refractivity contribution in [1.29, 1.82) is 0 Å². The molecule has 0 fully saturated rings. The largest absolute Gasteiger partial charge is 0.323 e. The summed E-state index contributed by atoms with van der Waals surface area (Å²) in [5.41, 5.74) is 1.47. The molecule has 0 radical (unpaired) electrons. The molecule has 0 saturated carbocycles. The molecule has 0 aliphatic rings. The topological polar surface area (TPSA) is 70.7 Å². The number of aromatic nitrogens is 3. The maximum atomic E-state index is 12.1. The number of carbonyl (C=O) groups is 1. The van der Waals surface area contributed by atoms with Crippen LogP contribution in [-0.4, -0.2) is 26.8 Å². The number of nitrogens with one attached hydrogen (secondary N) is 2. The van der Waals surface area contributed by atoms with Crippen molar-refractivity contribution in [2.24, 2.45) is 0 Å². The van der Waals surface area contributed by atoms with Crippen molar-refractivity contribution >= 4 is 58.7 Å². The van der Waals surface area contributed by atoms with Gasteiger partial charge >= 0.3 is 0 Å². The van der Waals surface area contributed by atoms with Crippen molar-refractivity contribution in [1.82, 2.24) is 15.2 Å². The molecule has 3 rings (SSSR count). The first-order valence-electron chi connectivity index (χ1n) is 7.64. The summed E-state index contributed by atoms with van der Waals surface area (Å²) >= 11 is 13.3. The Hall–Kier alpha value is -2.28. The number of thioether (sulfide) groups is 1. The van der Waals surface area contributed by atoms with Crippen LogP contribution in [0.2, 0.25) is 10.0 Å². The second kappa shape index (κ2) is 8.89. The Kier molecular flexibility index (Phi) is 6.33. The van der Waals surface area contributed by atoms with E-state index in [4.69, 9.17) is 23.2 Å². The molecule has 2 aromatic carbocycles. The van der Waals surface area contributed by atoms with Gasteiger partial charge in [0.15, 0.2) is 0 Å². The summed E-state index contributed by atoms with van der Waals surface area (Å²) in [4.78, 5) is 16.4. The fourth-order valence-electron chi connectivity index (χ4n) is 2.06. The van der Waals surface area contributed by atoms with Gasteiger partial charge in [-0.15, -0.1) is 5.10 Å². The minimum Gasteiger partial charge on any atom is -0.323 e. The van der Waals surface area contributed by atoms with Crippen LogP contribution in [-0.2, 0) is 4.79 Å². The number of hydrogen-bond donors (Lipinski definition) is 2. The van der Waals surface area contributed by atoms with Crippen molar-refractivity contribution < 1.29 is 4.79 Å². The third kappa shape index (κ3) is 5.11. The molecule has 26 heavy (non-hydrogen) atoms. The number of hydrogen-bond acceptors (Lipinski definition) is 4. The van der Waals surface area contributed by atoms with E-state index < -0.39 is 0 Å². The molecule has 8 heteroatoms. The van der Waals surface area contributed by atoms with Crippen LogP contribution in [0.4, 0.5) is 5.69 Å². The number of halogens is 2. The minimum absolute atomic E-state index is 0.140. The zero-order chi connectivity index (χ0) is 18.4. The number of rotatable bonds is 6. The highest BCUT2D eigenvalue weighted by molar-refractivity contribution is 7.99. The van der Waals surface area contributed by atoms with E-state index in [1.165, 1.54) is 11.8 Å². The first-order valence-corrected chi connectivity index (χ1v) is 9.38. The van der Waals surface area contributed by atoms with E-state index in [9.17, 15) is 4.79 Å². The SMILES string of the molecule is O=C(CSc1n[nH]c(/C=C/c2ccccc2)n1)Nc1c(Cl)cccc1Cl. The molecule has 0 bridgehead atoms. The highest BCUT2D eigenvalue weighted by Gasteiger charge is 2.11. The number of para-hydroxylation sites is 1. The molecular formula is C18H14Cl2N4OS. The van der Waals surface area contributed by atoms with Crippen molar-refractivity contribution in [3.63, 3.8) is 0 Å². The summed E-state index contributed by atoms with van der Waals surface area (Å²) in [6.07, 6.45) is 3.76. The third-order valence-corrected chi connectivity index (χ3v) is 4.75. The predicted octanol–water partition coefficient (Wildman–Crippen LogP) is 5.01. The van der Waals surface area contributed by atoms with Crippen LogP contribution in [0.5, 0.6) is 0 Å². The van der Waals surface area contributed by atoms with E-state index in [0.717, 1.165) is 5.56 Å². The van der Waals surface area contributed by atoms with E-state index in [2.05, 4.69) is 20.5 Å².